The Morgan fingerprint density at radius 1 is 0.926 bits per heavy atom. The van der Waals surface area contributed by atoms with Gasteiger partial charge in [0, 0.05) is 35.9 Å². The van der Waals surface area contributed by atoms with Gasteiger partial charge in [0.25, 0.3) is 11.8 Å². The Balaban J connectivity index is 1.52. The molecule has 2 unspecified atom stereocenters. The van der Waals surface area contributed by atoms with Gasteiger partial charge in [-0.25, -0.2) is 0 Å². The molecule has 27 heavy (non-hydrogen) atoms. The van der Waals surface area contributed by atoms with E-state index in [1.54, 1.807) is 24.3 Å². The third kappa shape index (κ3) is 3.36. The number of carbonyl (C=O) groups is 2. The molecule has 0 aromatic heterocycles. The second-order valence-electron chi connectivity index (χ2n) is 7.93. The molecule has 4 rings (SSSR count). The fourth-order valence-electron chi connectivity index (χ4n) is 4.33. The van der Waals surface area contributed by atoms with Crippen molar-refractivity contribution in [1.29, 1.82) is 0 Å². The van der Waals surface area contributed by atoms with Crippen LogP contribution in [0.25, 0.3) is 0 Å². The maximum absolute atomic E-state index is 13.1. The summed E-state index contributed by atoms with van der Waals surface area (Å²) >= 11 is 0. The average molecular weight is 362 g/mol. The molecule has 2 heterocycles. The van der Waals surface area contributed by atoms with E-state index in [0.717, 1.165) is 31.6 Å². The molecule has 0 saturated carbocycles. The van der Waals surface area contributed by atoms with Crippen molar-refractivity contribution in [2.75, 3.05) is 18.0 Å². The van der Waals surface area contributed by atoms with E-state index in [0.29, 0.717) is 17.0 Å². The summed E-state index contributed by atoms with van der Waals surface area (Å²) in [6, 6.07) is 15.4. The number of likely N-dealkylation sites (tertiary alicyclic amines) is 1. The lowest BCUT2D eigenvalue weighted by Crippen LogP contribution is -2.39. The highest BCUT2D eigenvalue weighted by atomic mass is 16.2. The first-order chi connectivity index (χ1) is 13.0. The summed E-state index contributed by atoms with van der Waals surface area (Å²) in [6.45, 7) is 5.91. The Morgan fingerprint density at radius 3 is 2.30 bits per heavy atom. The number of piperidine rings is 1. The van der Waals surface area contributed by atoms with E-state index in [4.69, 9.17) is 0 Å². The lowest BCUT2D eigenvalue weighted by atomic mass is 9.99. The predicted octanol–water partition coefficient (Wildman–Crippen LogP) is 4.15. The summed E-state index contributed by atoms with van der Waals surface area (Å²) in [5.74, 6) is 0.624. The largest absolute Gasteiger partial charge is 0.338 e. The molecule has 0 aliphatic carbocycles. The van der Waals surface area contributed by atoms with Crippen LogP contribution in [0.15, 0.2) is 48.5 Å². The molecular weight excluding hydrogens is 336 g/mol. The van der Waals surface area contributed by atoms with Crippen LogP contribution in [-0.4, -0.2) is 35.8 Å². The van der Waals surface area contributed by atoms with Crippen molar-refractivity contribution in [2.24, 2.45) is 5.92 Å². The summed E-state index contributed by atoms with van der Waals surface area (Å²) in [4.78, 5) is 29.6. The normalized spacial score (nSPS) is 21.9. The van der Waals surface area contributed by atoms with Crippen molar-refractivity contribution in [3.63, 3.8) is 0 Å². The Kier molecular flexibility index (Phi) is 4.73. The highest BCUT2D eigenvalue weighted by Crippen LogP contribution is 2.33. The maximum Gasteiger partial charge on any atom is 0.258 e. The Labute approximate surface area is 160 Å². The second kappa shape index (κ2) is 7.18. The van der Waals surface area contributed by atoms with Crippen LogP contribution in [0.2, 0.25) is 0 Å². The zero-order chi connectivity index (χ0) is 19.0. The quantitative estimate of drug-likeness (QED) is 0.805. The molecule has 2 amide bonds. The van der Waals surface area contributed by atoms with Gasteiger partial charge in [0.05, 0.1) is 0 Å². The third-order valence-electron chi connectivity index (χ3n) is 5.75. The van der Waals surface area contributed by atoms with Crippen molar-refractivity contribution in [3.05, 3.63) is 65.2 Å². The molecule has 2 atom stereocenters. The molecule has 4 heteroatoms. The average Bonchev–Trinajstić information content (AvgIpc) is 3.02. The molecule has 1 saturated heterocycles. The Hall–Kier alpha value is -2.62. The van der Waals surface area contributed by atoms with Crippen LogP contribution in [0.3, 0.4) is 0 Å². The molecule has 1 fully saturated rings. The van der Waals surface area contributed by atoms with E-state index in [1.165, 1.54) is 12.0 Å². The summed E-state index contributed by atoms with van der Waals surface area (Å²) in [5.41, 5.74) is 3.50. The Morgan fingerprint density at radius 2 is 1.59 bits per heavy atom. The maximum atomic E-state index is 13.1. The molecule has 140 valence electrons. The van der Waals surface area contributed by atoms with Crippen molar-refractivity contribution in [1.82, 2.24) is 4.90 Å². The number of amides is 2. The summed E-state index contributed by atoms with van der Waals surface area (Å²) in [7, 11) is 0. The summed E-state index contributed by atoms with van der Waals surface area (Å²) < 4.78 is 0. The molecule has 0 spiro atoms. The molecule has 0 N–H and O–H groups in total. The van der Waals surface area contributed by atoms with Crippen LogP contribution in [0.5, 0.6) is 0 Å². The standard InChI is InChI=1S/C23H26N2O2/c1-16-6-5-13-24(15-16)22(26)18-9-11-19(12-10-18)23(27)25-17(2)14-20-7-3-4-8-21(20)25/h3-4,7-12,16-17H,5-6,13-15H2,1-2H3. The molecule has 4 nitrogen and oxygen atoms in total. The number of carbonyl (C=O) groups excluding carboxylic acids is 2. The van der Waals surface area contributed by atoms with Gasteiger partial charge < -0.3 is 9.80 Å². The van der Waals surface area contributed by atoms with Gasteiger partial charge in [-0.05, 0) is 68.0 Å². The van der Waals surface area contributed by atoms with Gasteiger partial charge in [0.1, 0.15) is 0 Å². The number of para-hydroxylation sites is 1. The van der Waals surface area contributed by atoms with Crippen molar-refractivity contribution in [3.8, 4) is 0 Å². The topological polar surface area (TPSA) is 40.6 Å². The fraction of sp³-hybridized carbons (Fsp3) is 0.391. The number of rotatable bonds is 2. The highest BCUT2D eigenvalue weighted by Gasteiger charge is 2.31. The second-order valence-corrected chi connectivity index (χ2v) is 7.93. The molecular formula is C23H26N2O2. The monoisotopic (exact) mass is 362 g/mol. The van der Waals surface area contributed by atoms with E-state index in [-0.39, 0.29) is 17.9 Å². The van der Waals surface area contributed by atoms with Gasteiger partial charge in [-0.3, -0.25) is 9.59 Å². The van der Waals surface area contributed by atoms with E-state index < -0.39 is 0 Å². The van der Waals surface area contributed by atoms with Crippen molar-refractivity contribution >= 4 is 17.5 Å². The van der Waals surface area contributed by atoms with Crippen LogP contribution in [0.4, 0.5) is 5.69 Å². The smallest absolute Gasteiger partial charge is 0.258 e. The third-order valence-corrected chi connectivity index (χ3v) is 5.75. The van der Waals surface area contributed by atoms with E-state index >= 15 is 0 Å². The molecule has 0 radical (unpaired) electrons. The molecule has 2 aromatic carbocycles. The van der Waals surface area contributed by atoms with Gasteiger partial charge in [-0.15, -0.1) is 0 Å². The minimum Gasteiger partial charge on any atom is -0.338 e. The van der Waals surface area contributed by atoms with Crippen LogP contribution < -0.4 is 4.90 Å². The minimum atomic E-state index is -0.00181. The first-order valence-electron chi connectivity index (χ1n) is 9.85. The van der Waals surface area contributed by atoms with Crippen molar-refractivity contribution in [2.45, 2.75) is 39.2 Å². The van der Waals surface area contributed by atoms with Gasteiger partial charge in [0.15, 0.2) is 0 Å². The SMILES string of the molecule is CC1CCCN(C(=O)c2ccc(C(=O)N3c4ccccc4CC3C)cc2)C1. The number of fused-ring (bicyclic) bond motifs is 1. The molecule has 2 aliphatic heterocycles. The molecule has 2 aromatic rings. The van der Waals surface area contributed by atoms with Gasteiger partial charge in [-0.2, -0.15) is 0 Å². The highest BCUT2D eigenvalue weighted by molar-refractivity contribution is 6.08. The number of benzene rings is 2. The van der Waals surface area contributed by atoms with Gasteiger partial charge in [0.2, 0.25) is 0 Å². The number of nitrogens with zero attached hydrogens (tertiary/aromatic N) is 2. The summed E-state index contributed by atoms with van der Waals surface area (Å²) in [6.07, 6.45) is 3.13. The van der Waals surface area contributed by atoms with Crippen LogP contribution in [-0.2, 0) is 6.42 Å². The first-order valence-corrected chi connectivity index (χ1v) is 9.85. The number of hydrogen-bond donors (Lipinski definition) is 0. The van der Waals surface area contributed by atoms with E-state index in [2.05, 4.69) is 19.9 Å². The lowest BCUT2D eigenvalue weighted by Gasteiger charge is -2.31. The van der Waals surface area contributed by atoms with Crippen LogP contribution >= 0.6 is 0 Å². The van der Waals surface area contributed by atoms with Gasteiger partial charge >= 0.3 is 0 Å². The molecule has 0 bridgehead atoms. The zero-order valence-corrected chi connectivity index (χ0v) is 16.0. The Bertz CT molecular complexity index is 859. The molecule has 2 aliphatic rings. The minimum absolute atomic E-state index is 0.00181. The fourth-order valence-corrected chi connectivity index (χ4v) is 4.33. The van der Waals surface area contributed by atoms with Gasteiger partial charge in [-0.1, -0.05) is 25.1 Å². The number of anilines is 1. The lowest BCUT2D eigenvalue weighted by molar-refractivity contribution is 0.0682. The summed E-state index contributed by atoms with van der Waals surface area (Å²) in [5, 5.41) is 0. The van der Waals surface area contributed by atoms with Crippen LogP contribution in [0, 0.1) is 5.92 Å². The number of hydrogen-bond acceptors (Lipinski definition) is 2. The zero-order valence-electron chi connectivity index (χ0n) is 16.0. The van der Waals surface area contributed by atoms with Crippen molar-refractivity contribution < 1.29 is 9.59 Å². The predicted molar refractivity (Wildman–Crippen MR) is 107 cm³/mol. The van der Waals surface area contributed by atoms with E-state index in [9.17, 15) is 9.59 Å². The first kappa shape index (κ1) is 17.8. The van der Waals surface area contributed by atoms with E-state index in [1.807, 2.05) is 28.0 Å². The van der Waals surface area contributed by atoms with Crippen LogP contribution in [0.1, 0.15) is 53.0 Å².